The van der Waals surface area contributed by atoms with Crippen LogP contribution in [0.15, 0.2) is 0 Å². The van der Waals surface area contributed by atoms with Crippen molar-refractivity contribution in [1.82, 2.24) is 0 Å². The molecule has 0 heterocycles. The third-order valence-electron chi connectivity index (χ3n) is 3.16. The fourth-order valence-electron chi connectivity index (χ4n) is 1.81. The van der Waals surface area contributed by atoms with E-state index in [9.17, 15) is 13.5 Å². The summed E-state index contributed by atoms with van der Waals surface area (Å²) in [5, 5.41) is 9.25. The van der Waals surface area contributed by atoms with Crippen LogP contribution in [0.2, 0.25) is 0 Å². The molecule has 1 aliphatic rings. The van der Waals surface area contributed by atoms with Crippen LogP contribution in [0.4, 0.5) is 0 Å². The second kappa shape index (κ2) is 4.80. The molecule has 1 fully saturated rings. The Balaban J connectivity index is 2.48. The maximum atomic E-state index is 11.4. The third kappa shape index (κ3) is 3.16. The Morgan fingerprint density at radius 1 is 1.47 bits per heavy atom. The van der Waals surface area contributed by atoms with Crippen molar-refractivity contribution in [2.75, 3.05) is 31.3 Å². The van der Waals surface area contributed by atoms with Gasteiger partial charge in [-0.3, -0.25) is 0 Å². The minimum absolute atomic E-state index is 0.0247. The molecule has 1 aliphatic carbocycles. The predicted molar refractivity (Wildman–Crippen MR) is 58.4 cm³/mol. The minimum atomic E-state index is -2.93. The van der Waals surface area contributed by atoms with Gasteiger partial charge >= 0.3 is 0 Å². The van der Waals surface area contributed by atoms with E-state index in [-0.39, 0.29) is 29.4 Å². The number of rotatable bonds is 7. The topological polar surface area (TPSA) is 63.6 Å². The van der Waals surface area contributed by atoms with Crippen LogP contribution < -0.4 is 0 Å². The largest absolute Gasteiger partial charge is 0.396 e. The SMILES string of the molecule is CCOCC1(CO)CC1CS(=O)(=O)CC. The van der Waals surface area contributed by atoms with Crippen LogP contribution in [0.3, 0.4) is 0 Å². The molecule has 90 valence electrons. The van der Waals surface area contributed by atoms with E-state index in [4.69, 9.17) is 4.74 Å². The summed E-state index contributed by atoms with van der Waals surface area (Å²) in [6.45, 7) is 4.65. The molecule has 5 heteroatoms. The highest BCUT2D eigenvalue weighted by Crippen LogP contribution is 2.52. The number of ether oxygens (including phenoxy) is 1. The van der Waals surface area contributed by atoms with Crippen molar-refractivity contribution < 1.29 is 18.3 Å². The molecule has 2 atom stereocenters. The first-order valence-corrected chi connectivity index (χ1v) is 7.21. The second-order valence-corrected chi connectivity index (χ2v) is 6.66. The molecular weight excluding hydrogens is 216 g/mol. The van der Waals surface area contributed by atoms with Crippen LogP contribution in [0.25, 0.3) is 0 Å². The highest BCUT2D eigenvalue weighted by Gasteiger charge is 2.55. The van der Waals surface area contributed by atoms with Gasteiger partial charge in [0.15, 0.2) is 0 Å². The number of sulfone groups is 1. The van der Waals surface area contributed by atoms with Gasteiger partial charge in [0.05, 0.1) is 19.0 Å². The molecule has 1 N–H and O–H groups in total. The summed E-state index contributed by atoms with van der Waals surface area (Å²) in [4.78, 5) is 0. The minimum Gasteiger partial charge on any atom is -0.396 e. The Bertz CT molecular complexity index is 299. The maximum Gasteiger partial charge on any atom is 0.150 e. The van der Waals surface area contributed by atoms with E-state index in [1.54, 1.807) is 6.92 Å². The monoisotopic (exact) mass is 236 g/mol. The molecule has 0 bridgehead atoms. The summed E-state index contributed by atoms with van der Waals surface area (Å²) < 4.78 is 28.1. The molecule has 0 saturated heterocycles. The van der Waals surface area contributed by atoms with Crippen LogP contribution in [-0.4, -0.2) is 44.9 Å². The van der Waals surface area contributed by atoms with Gasteiger partial charge in [-0.15, -0.1) is 0 Å². The zero-order valence-electron chi connectivity index (χ0n) is 9.40. The zero-order chi connectivity index (χ0) is 11.5. The van der Waals surface area contributed by atoms with E-state index in [1.165, 1.54) is 0 Å². The van der Waals surface area contributed by atoms with Crippen LogP contribution in [0.5, 0.6) is 0 Å². The fourth-order valence-corrected chi connectivity index (χ4v) is 3.13. The Hall–Kier alpha value is -0.130. The van der Waals surface area contributed by atoms with Crippen LogP contribution >= 0.6 is 0 Å². The molecule has 0 radical (unpaired) electrons. The summed E-state index contributed by atoms with van der Waals surface area (Å²) in [6, 6.07) is 0. The average Bonchev–Trinajstić information content (AvgIpc) is 2.88. The first-order valence-electron chi connectivity index (χ1n) is 5.38. The van der Waals surface area contributed by atoms with Gasteiger partial charge in [0, 0.05) is 17.8 Å². The Labute approximate surface area is 91.6 Å². The van der Waals surface area contributed by atoms with E-state index in [0.29, 0.717) is 13.2 Å². The molecule has 15 heavy (non-hydrogen) atoms. The van der Waals surface area contributed by atoms with Crippen molar-refractivity contribution in [1.29, 1.82) is 0 Å². The predicted octanol–water partition coefficient (Wildman–Crippen LogP) is 0.456. The van der Waals surface area contributed by atoms with Gasteiger partial charge in [-0.05, 0) is 19.3 Å². The summed E-state index contributed by atoms with van der Waals surface area (Å²) >= 11 is 0. The third-order valence-corrected chi connectivity index (χ3v) is 4.95. The Kier molecular flexibility index (Phi) is 4.14. The molecule has 0 aromatic heterocycles. The highest BCUT2D eigenvalue weighted by molar-refractivity contribution is 7.91. The van der Waals surface area contributed by atoms with Crippen molar-refractivity contribution in [2.24, 2.45) is 11.3 Å². The highest BCUT2D eigenvalue weighted by atomic mass is 32.2. The first kappa shape index (κ1) is 12.9. The lowest BCUT2D eigenvalue weighted by molar-refractivity contribution is 0.0619. The van der Waals surface area contributed by atoms with Crippen LogP contribution in [-0.2, 0) is 14.6 Å². The van der Waals surface area contributed by atoms with Gasteiger partial charge in [-0.2, -0.15) is 0 Å². The normalized spacial score (nSPS) is 30.5. The van der Waals surface area contributed by atoms with Gasteiger partial charge in [-0.1, -0.05) is 6.92 Å². The summed E-state index contributed by atoms with van der Waals surface area (Å²) in [6.07, 6.45) is 0.767. The number of hydrogen-bond donors (Lipinski definition) is 1. The lowest BCUT2D eigenvalue weighted by atomic mass is 10.1. The average molecular weight is 236 g/mol. The molecule has 1 saturated carbocycles. The molecule has 2 unspecified atom stereocenters. The van der Waals surface area contributed by atoms with Gasteiger partial charge in [0.2, 0.25) is 0 Å². The van der Waals surface area contributed by atoms with Gasteiger partial charge in [-0.25, -0.2) is 8.42 Å². The molecule has 0 aromatic carbocycles. The van der Waals surface area contributed by atoms with Gasteiger partial charge < -0.3 is 9.84 Å². The zero-order valence-corrected chi connectivity index (χ0v) is 10.2. The second-order valence-electron chi connectivity index (χ2n) is 4.26. The first-order chi connectivity index (χ1) is 6.99. The van der Waals surface area contributed by atoms with Crippen molar-refractivity contribution in [3.8, 4) is 0 Å². The van der Waals surface area contributed by atoms with E-state index in [1.807, 2.05) is 6.92 Å². The standard InChI is InChI=1S/C10H20O4S/c1-3-14-8-10(7-11)5-9(10)6-15(12,13)4-2/h9,11H,3-8H2,1-2H3. The van der Waals surface area contributed by atoms with Crippen molar-refractivity contribution in [3.63, 3.8) is 0 Å². The summed E-state index contributed by atoms with van der Waals surface area (Å²) in [5.74, 6) is 0.454. The number of aliphatic hydroxyl groups excluding tert-OH is 1. The van der Waals surface area contributed by atoms with Crippen molar-refractivity contribution in [3.05, 3.63) is 0 Å². The van der Waals surface area contributed by atoms with E-state index in [2.05, 4.69) is 0 Å². The fraction of sp³-hybridized carbons (Fsp3) is 1.00. The quantitative estimate of drug-likeness (QED) is 0.697. The smallest absolute Gasteiger partial charge is 0.150 e. The van der Waals surface area contributed by atoms with E-state index in [0.717, 1.165) is 6.42 Å². The molecule has 0 aliphatic heterocycles. The Morgan fingerprint density at radius 3 is 2.60 bits per heavy atom. The molecule has 1 rings (SSSR count). The number of aliphatic hydroxyl groups is 1. The lowest BCUT2D eigenvalue weighted by Gasteiger charge is -2.13. The number of hydrogen-bond acceptors (Lipinski definition) is 4. The van der Waals surface area contributed by atoms with Gasteiger partial charge in [0.25, 0.3) is 0 Å². The van der Waals surface area contributed by atoms with Gasteiger partial charge in [0.1, 0.15) is 9.84 Å². The molecular formula is C10H20O4S. The molecule has 0 aromatic rings. The Morgan fingerprint density at radius 2 is 2.13 bits per heavy atom. The summed E-state index contributed by atoms with van der Waals surface area (Å²) in [7, 11) is -2.93. The van der Waals surface area contributed by atoms with Crippen LogP contribution in [0, 0.1) is 11.3 Å². The lowest BCUT2D eigenvalue weighted by Crippen LogP contribution is -2.22. The van der Waals surface area contributed by atoms with E-state index < -0.39 is 9.84 Å². The van der Waals surface area contributed by atoms with Crippen molar-refractivity contribution >= 4 is 9.84 Å². The summed E-state index contributed by atoms with van der Waals surface area (Å²) in [5.41, 5.74) is -0.280. The maximum absolute atomic E-state index is 11.4. The van der Waals surface area contributed by atoms with Crippen LogP contribution in [0.1, 0.15) is 20.3 Å². The van der Waals surface area contributed by atoms with E-state index >= 15 is 0 Å². The molecule has 0 spiro atoms. The molecule has 4 nitrogen and oxygen atoms in total. The molecule has 0 amide bonds. The van der Waals surface area contributed by atoms with Crippen molar-refractivity contribution in [2.45, 2.75) is 20.3 Å².